The number of hydrogen-bond acceptors (Lipinski definition) is 2. The van der Waals surface area contributed by atoms with E-state index >= 15 is 0 Å². The molecule has 2 rings (SSSR count). The summed E-state index contributed by atoms with van der Waals surface area (Å²) in [5.74, 6) is 0.110. The van der Waals surface area contributed by atoms with Crippen molar-refractivity contribution in [3.05, 3.63) is 53.6 Å². The summed E-state index contributed by atoms with van der Waals surface area (Å²) >= 11 is 0. The maximum absolute atomic E-state index is 10.9. The number of aromatic hydroxyl groups is 1. The Morgan fingerprint density at radius 3 is 2.62 bits per heavy atom. The Hall–Kier alpha value is -2.09. The smallest absolute Gasteiger partial charge is 0.150 e. The van der Waals surface area contributed by atoms with Crippen molar-refractivity contribution >= 4 is 6.29 Å². The third kappa shape index (κ3) is 1.96. The Labute approximate surface area is 94.2 Å². The van der Waals surface area contributed by atoms with Crippen LogP contribution in [0.2, 0.25) is 0 Å². The van der Waals surface area contributed by atoms with Crippen LogP contribution in [-0.2, 0) is 0 Å². The number of aldehydes is 1. The number of hydrogen-bond donors (Lipinski definition) is 1. The maximum atomic E-state index is 10.9. The molecule has 1 N–H and O–H groups in total. The molecule has 0 aliphatic heterocycles. The van der Waals surface area contributed by atoms with Crippen LogP contribution in [0.3, 0.4) is 0 Å². The fraction of sp³-hybridized carbons (Fsp3) is 0.0714. The van der Waals surface area contributed by atoms with Crippen molar-refractivity contribution in [1.29, 1.82) is 0 Å². The number of carbonyl (C=O) groups excluding carboxylic acids is 1. The lowest BCUT2D eigenvalue weighted by Crippen LogP contribution is -1.87. The van der Waals surface area contributed by atoms with E-state index in [1.165, 1.54) is 6.07 Å². The molecule has 2 aromatic carbocycles. The SMILES string of the molecule is Cc1cccc(-c2ccc(O)cc2C=O)c1. The van der Waals surface area contributed by atoms with Crippen molar-refractivity contribution in [2.24, 2.45) is 0 Å². The average Bonchev–Trinajstić information content (AvgIpc) is 2.28. The quantitative estimate of drug-likeness (QED) is 0.776. The molecule has 2 heteroatoms. The standard InChI is InChI=1S/C14H12O2/c1-10-3-2-4-11(7-10)14-6-5-13(16)8-12(14)9-15/h2-9,16H,1H3. The zero-order valence-electron chi connectivity index (χ0n) is 8.97. The molecule has 0 aromatic heterocycles. The number of rotatable bonds is 2. The largest absolute Gasteiger partial charge is 0.508 e. The maximum Gasteiger partial charge on any atom is 0.150 e. The van der Waals surface area contributed by atoms with Gasteiger partial charge in [-0.3, -0.25) is 4.79 Å². The number of aryl methyl sites for hydroxylation is 1. The van der Waals surface area contributed by atoms with E-state index < -0.39 is 0 Å². The number of phenolic OH excluding ortho intramolecular Hbond substituents is 1. The highest BCUT2D eigenvalue weighted by Crippen LogP contribution is 2.26. The van der Waals surface area contributed by atoms with Gasteiger partial charge < -0.3 is 5.11 Å². The monoisotopic (exact) mass is 212 g/mol. The van der Waals surface area contributed by atoms with Crippen LogP contribution in [-0.4, -0.2) is 11.4 Å². The summed E-state index contributed by atoms with van der Waals surface area (Å²) in [6.07, 6.45) is 0.761. The van der Waals surface area contributed by atoms with Crippen LogP contribution < -0.4 is 0 Å². The van der Waals surface area contributed by atoms with Crippen LogP contribution in [0.1, 0.15) is 15.9 Å². The Bertz CT molecular complexity index is 530. The number of carbonyl (C=O) groups is 1. The molecule has 2 nitrogen and oxygen atoms in total. The third-order valence-corrected chi connectivity index (χ3v) is 2.49. The van der Waals surface area contributed by atoms with Crippen LogP contribution in [0.25, 0.3) is 11.1 Å². The van der Waals surface area contributed by atoms with Crippen LogP contribution >= 0.6 is 0 Å². The third-order valence-electron chi connectivity index (χ3n) is 2.49. The lowest BCUT2D eigenvalue weighted by atomic mass is 9.99. The van der Waals surface area contributed by atoms with Gasteiger partial charge in [0.1, 0.15) is 5.75 Å². The zero-order valence-corrected chi connectivity index (χ0v) is 8.97. The highest BCUT2D eigenvalue weighted by molar-refractivity contribution is 5.88. The second-order valence-electron chi connectivity index (χ2n) is 3.76. The van der Waals surface area contributed by atoms with E-state index in [4.69, 9.17) is 0 Å². The Kier molecular flexibility index (Phi) is 2.73. The lowest BCUT2D eigenvalue weighted by molar-refractivity contribution is 0.112. The second-order valence-corrected chi connectivity index (χ2v) is 3.76. The summed E-state index contributed by atoms with van der Waals surface area (Å²) in [5.41, 5.74) is 3.48. The fourth-order valence-corrected chi connectivity index (χ4v) is 1.72. The van der Waals surface area contributed by atoms with Crippen molar-refractivity contribution in [3.8, 4) is 16.9 Å². The minimum absolute atomic E-state index is 0.110. The van der Waals surface area contributed by atoms with E-state index in [1.807, 2.05) is 31.2 Å². The number of phenols is 1. The zero-order chi connectivity index (χ0) is 11.5. The summed E-state index contributed by atoms with van der Waals surface area (Å²) < 4.78 is 0. The Balaban J connectivity index is 2.59. The first-order valence-corrected chi connectivity index (χ1v) is 5.06. The lowest BCUT2D eigenvalue weighted by Gasteiger charge is -2.06. The molecule has 0 atom stereocenters. The first-order chi connectivity index (χ1) is 7.70. The molecule has 0 saturated carbocycles. The van der Waals surface area contributed by atoms with Crippen molar-refractivity contribution in [1.82, 2.24) is 0 Å². The molecule has 16 heavy (non-hydrogen) atoms. The normalized spacial score (nSPS) is 10.1. The number of benzene rings is 2. The molecule has 0 saturated heterocycles. The van der Waals surface area contributed by atoms with Crippen molar-refractivity contribution < 1.29 is 9.90 Å². The molecule has 0 fully saturated rings. The minimum atomic E-state index is 0.110. The van der Waals surface area contributed by atoms with Gasteiger partial charge in [-0.15, -0.1) is 0 Å². The van der Waals surface area contributed by atoms with E-state index in [0.29, 0.717) is 5.56 Å². The highest BCUT2D eigenvalue weighted by atomic mass is 16.3. The topological polar surface area (TPSA) is 37.3 Å². The molecule has 0 aliphatic rings. The van der Waals surface area contributed by atoms with Gasteiger partial charge in [0.15, 0.2) is 6.29 Å². The van der Waals surface area contributed by atoms with E-state index in [0.717, 1.165) is 23.0 Å². The van der Waals surface area contributed by atoms with Gasteiger partial charge in [-0.1, -0.05) is 29.8 Å². The molecule has 0 heterocycles. The fourth-order valence-electron chi connectivity index (χ4n) is 1.72. The van der Waals surface area contributed by atoms with Gasteiger partial charge >= 0.3 is 0 Å². The molecule has 0 spiro atoms. The van der Waals surface area contributed by atoms with Gasteiger partial charge in [-0.25, -0.2) is 0 Å². The van der Waals surface area contributed by atoms with Gasteiger partial charge in [-0.05, 0) is 36.2 Å². The summed E-state index contributed by atoms with van der Waals surface area (Å²) in [5, 5.41) is 9.31. The Morgan fingerprint density at radius 2 is 1.94 bits per heavy atom. The second kappa shape index (κ2) is 4.19. The van der Waals surface area contributed by atoms with Crippen LogP contribution in [0.5, 0.6) is 5.75 Å². The summed E-state index contributed by atoms with van der Waals surface area (Å²) in [4.78, 5) is 10.9. The minimum Gasteiger partial charge on any atom is -0.508 e. The molecular formula is C14H12O2. The van der Waals surface area contributed by atoms with Gasteiger partial charge in [-0.2, -0.15) is 0 Å². The summed E-state index contributed by atoms with van der Waals surface area (Å²) in [6, 6.07) is 12.7. The van der Waals surface area contributed by atoms with Gasteiger partial charge in [0, 0.05) is 5.56 Å². The molecule has 0 aliphatic carbocycles. The van der Waals surface area contributed by atoms with E-state index in [9.17, 15) is 9.90 Å². The van der Waals surface area contributed by atoms with E-state index in [2.05, 4.69) is 0 Å². The van der Waals surface area contributed by atoms with Gasteiger partial charge in [0.05, 0.1) is 0 Å². The van der Waals surface area contributed by atoms with Crippen molar-refractivity contribution in [3.63, 3.8) is 0 Å². The van der Waals surface area contributed by atoms with E-state index in [1.54, 1.807) is 12.1 Å². The summed E-state index contributed by atoms with van der Waals surface area (Å²) in [7, 11) is 0. The van der Waals surface area contributed by atoms with E-state index in [-0.39, 0.29) is 5.75 Å². The molecule has 0 amide bonds. The summed E-state index contributed by atoms with van der Waals surface area (Å²) in [6.45, 7) is 2.00. The van der Waals surface area contributed by atoms with Gasteiger partial charge in [0.2, 0.25) is 0 Å². The molecule has 80 valence electrons. The predicted molar refractivity (Wildman–Crippen MR) is 63.7 cm³/mol. The molecule has 0 bridgehead atoms. The van der Waals surface area contributed by atoms with Crippen LogP contribution in [0.15, 0.2) is 42.5 Å². The first kappa shape index (κ1) is 10.4. The van der Waals surface area contributed by atoms with Crippen LogP contribution in [0, 0.1) is 6.92 Å². The van der Waals surface area contributed by atoms with Crippen molar-refractivity contribution in [2.75, 3.05) is 0 Å². The van der Waals surface area contributed by atoms with Crippen molar-refractivity contribution in [2.45, 2.75) is 6.92 Å². The molecule has 0 unspecified atom stereocenters. The molecule has 2 aromatic rings. The molecule has 0 radical (unpaired) electrons. The predicted octanol–water partition coefficient (Wildman–Crippen LogP) is 3.18. The highest BCUT2D eigenvalue weighted by Gasteiger charge is 2.05. The molecular weight excluding hydrogens is 200 g/mol. The Morgan fingerprint density at radius 1 is 1.12 bits per heavy atom. The van der Waals surface area contributed by atoms with Gasteiger partial charge in [0.25, 0.3) is 0 Å². The first-order valence-electron chi connectivity index (χ1n) is 5.06. The average molecular weight is 212 g/mol. The van der Waals surface area contributed by atoms with Crippen LogP contribution in [0.4, 0.5) is 0 Å².